The molecule has 1 aliphatic carbocycles. The molecule has 0 spiro atoms. The van der Waals surface area contributed by atoms with Crippen LogP contribution in [0.4, 0.5) is 0 Å². The van der Waals surface area contributed by atoms with Crippen molar-refractivity contribution in [1.29, 1.82) is 0 Å². The van der Waals surface area contributed by atoms with E-state index in [1.54, 1.807) is 0 Å². The van der Waals surface area contributed by atoms with E-state index in [1.165, 1.54) is 25.7 Å². The Morgan fingerprint density at radius 2 is 1.75 bits per heavy atom. The fourth-order valence-electron chi connectivity index (χ4n) is 3.78. The quantitative estimate of drug-likeness (QED) is 0.297. The van der Waals surface area contributed by atoms with E-state index in [2.05, 4.69) is 26.1 Å². The summed E-state index contributed by atoms with van der Waals surface area (Å²) in [6.45, 7) is 9.86. The zero-order valence-corrected chi connectivity index (χ0v) is 19.0. The largest absolute Gasteiger partial charge is 0.379 e. The average Bonchev–Trinajstić information content (AvgIpc) is 2.67. The zero-order chi connectivity index (χ0) is 20.6. The van der Waals surface area contributed by atoms with Crippen LogP contribution in [-0.4, -0.2) is 57.5 Å². The van der Waals surface area contributed by atoms with Crippen molar-refractivity contribution in [1.82, 2.24) is 5.32 Å². The number of halogens is 1. The molecule has 5 nitrogen and oxygen atoms in total. The van der Waals surface area contributed by atoms with Crippen LogP contribution in [0.2, 0.25) is 0 Å². The number of carbonyl (C=O) groups is 1. The van der Waals surface area contributed by atoms with Crippen LogP contribution in [0.5, 0.6) is 0 Å². The first-order valence-corrected chi connectivity index (χ1v) is 11.7. The number of alkyl halides is 1. The Bertz CT molecular complexity index is 395. The lowest BCUT2D eigenvalue weighted by Crippen LogP contribution is -2.38. The van der Waals surface area contributed by atoms with Crippen LogP contribution >= 0.6 is 11.6 Å². The Labute approximate surface area is 177 Å². The predicted octanol–water partition coefficient (Wildman–Crippen LogP) is 4.41. The summed E-state index contributed by atoms with van der Waals surface area (Å²) in [5, 5.41) is 2.87. The first kappa shape index (κ1) is 25.7. The third-order valence-electron chi connectivity index (χ3n) is 5.50. The van der Waals surface area contributed by atoms with Gasteiger partial charge in [0, 0.05) is 19.0 Å². The molecule has 1 unspecified atom stereocenters. The summed E-state index contributed by atoms with van der Waals surface area (Å²) in [7, 11) is 0. The van der Waals surface area contributed by atoms with Crippen molar-refractivity contribution in [3.63, 3.8) is 0 Å². The van der Waals surface area contributed by atoms with E-state index in [9.17, 15) is 4.79 Å². The summed E-state index contributed by atoms with van der Waals surface area (Å²) in [6.07, 6.45) is 8.23. The second-order valence-electron chi connectivity index (χ2n) is 8.35. The van der Waals surface area contributed by atoms with Crippen LogP contribution in [0, 0.1) is 17.8 Å². The molecule has 6 heteroatoms. The molecule has 0 radical (unpaired) electrons. The Hall–Kier alpha value is -0.360. The third kappa shape index (κ3) is 12.3. The van der Waals surface area contributed by atoms with Gasteiger partial charge in [-0.05, 0) is 43.4 Å². The number of ether oxygens (including phenoxy) is 3. The molecule has 28 heavy (non-hydrogen) atoms. The summed E-state index contributed by atoms with van der Waals surface area (Å²) < 4.78 is 17.0. The molecule has 1 amide bonds. The SMILES string of the molecule is CC(C)[C@@H]1CC[C@@H](C)CC1OCC(=O)NCCOCCOCCCCCCCl. The highest BCUT2D eigenvalue weighted by atomic mass is 35.5. The molecular weight excluding hydrogens is 378 g/mol. The van der Waals surface area contributed by atoms with Gasteiger partial charge >= 0.3 is 0 Å². The van der Waals surface area contributed by atoms with Crippen LogP contribution in [0.1, 0.15) is 65.7 Å². The van der Waals surface area contributed by atoms with Gasteiger partial charge in [-0.25, -0.2) is 0 Å². The summed E-state index contributed by atoms with van der Waals surface area (Å²) in [5.74, 6) is 2.53. The van der Waals surface area contributed by atoms with Crippen molar-refractivity contribution < 1.29 is 19.0 Å². The standard InChI is InChI=1S/C22H42ClNO4/c1-18(2)20-9-8-19(3)16-21(20)28-17-22(25)24-11-13-27-15-14-26-12-7-5-4-6-10-23/h18-21H,4-17H2,1-3H3,(H,24,25)/t19-,20+,21?/m1/s1. The van der Waals surface area contributed by atoms with Gasteiger partial charge in [0.1, 0.15) is 6.61 Å². The maximum atomic E-state index is 12.0. The smallest absolute Gasteiger partial charge is 0.246 e. The van der Waals surface area contributed by atoms with E-state index in [-0.39, 0.29) is 18.6 Å². The molecule has 1 N–H and O–H groups in total. The maximum Gasteiger partial charge on any atom is 0.246 e. The second-order valence-corrected chi connectivity index (χ2v) is 8.73. The fraction of sp³-hybridized carbons (Fsp3) is 0.955. The summed E-state index contributed by atoms with van der Waals surface area (Å²) in [6, 6.07) is 0. The Morgan fingerprint density at radius 1 is 1.04 bits per heavy atom. The molecule has 1 saturated carbocycles. The normalized spacial score (nSPS) is 22.5. The van der Waals surface area contributed by atoms with Crippen LogP contribution in [0.3, 0.4) is 0 Å². The number of hydrogen-bond acceptors (Lipinski definition) is 4. The number of rotatable bonds is 16. The van der Waals surface area contributed by atoms with Crippen molar-refractivity contribution in [2.24, 2.45) is 17.8 Å². The first-order chi connectivity index (χ1) is 13.5. The molecule has 0 aliphatic heterocycles. The number of unbranched alkanes of at least 4 members (excludes halogenated alkanes) is 3. The number of amides is 1. The molecule has 166 valence electrons. The van der Waals surface area contributed by atoms with Crippen molar-refractivity contribution in [2.75, 3.05) is 45.5 Å². The van der Waals surface area contributed by atoms with Crippen LogP contribution in [0.25, 0.3) is 0 Å². The first-order valence-electron chi connectivity index (χ1n) is 11.1. The van der Waals surface area contributed by atoms with E-state index in [1.807, 2.05) is 0 Å². The molecule has 0 aromatic heterocycles. The van der Waals surface area contributed by atoms with Crippen LogP contribution < -0.4 is 5.32 Å². The number of hydrogen-bond donors (Lipinski definition) is 1. The number of nitrogens with one attached hydrogen (secondary N) is 1. The third-order valence-corrected chi connectivity index (χ3v) is 5.77. The highest BCUT2D eigenvalue weighted by Crippen LogP contribution is 2.35. The molecule has 3 atom stereocenters. The van der Waals surface area contributed by atoms with Crippen molar-refractivity contribution in [3.05, 3.63) is 0 Å². The summed E-state index contributed by atoms with van der Waals surface area (Å²) in [5.41, 5.74) is 0. The monoisotopic (exact) mass is 419 g/mol. The summed E-state index contributed by atoms with van der Waals surface area (Å²) in [4.78, 5) is 12.0. The lowest BCUT2D eigenvalue weighted by molar-refractivity contribution is -0.131. The van der Waals surface area contributed by atoms with Gasteiger partial charge in [0.25, 0.3) is 0 Å². The molecule has 0 bridgehead atoms. The van der Waals surface area contributed by atoms with Gasteiger partial charge in [-0.3, -0.25) is 4.79 Å². The highest BCUT2D eigenvalue weighted by Gasteiger charge is 2.31. The van der Waals surface area contributed by atoms with Crippen molar-refractivity contribution in [2.45, 2.75) is 71.8 Å². The lowest BCUT2D eigenvalue weighted by atomic mass is 9.75. The van der Waals surface area contributed by atoms with Crippen molar-refractivity contribution >= 4 is 17.5 Å². The minimum Gasteiger partial charge on any atom is -0.379 e. The van der Waals surface area contributed by atoms with E-state index >= 15 is 0 Å². The fourth-order valence-corrected chi connectivity index (χ4v) is 3.97. The van der Waals surface area contributed by atoms with E-state index in [0.717, 1.165) is 31.7 Å². The van der Waals surface area contributed by atoms with Gasteiger partial charge < -0.3 is 19.5 Å². The molecule has 1 rings (SSSR count). The molecule has 0 heterocycles. The van der Waals surface area contributed by atoms with Crippen LogP contribution in [0.15, 0.2) is 0 Å². The van der Waals surface area contributed by atoms with Gasteiger partial charge in [0.2, 0.25) is 5.91 Å². The van der Waals surface area contributed by atoms with Crippen LogP contribution in [-0.2, 0) is 19.0 Å². The van der Waals surface area contributed by atoms with Gasteiger partial charge in [-0.1, -0.05) is 40.0 Å². The average molecular weight is 420 g/mol. The lowest BCUT2D eigenvalue weighted by Gasteiger charge is -2.37. The Balaban J connectivity index is 1.96. The Kier molecular flexibility index (Phi) is 15.1. The van der Waals surface area contributed by atoms with E-state index in [0.29, 0.717) is 44.1 Å². The van der Waals surface area contributed by atoms with E-state index in [4.69, 9.17) is 25.8 Å². The minimum atomic E-state index is -0.0578. The van der Waals surface area contributed by atoms with Gasteiger partial charge in [0.15, 0.2) is 0 Å². The molecule has 0 saturated heterocycles. The van der Waals surface area contributed by atoms with Gasteiger partial charge in [-0.2, -0.15) is 0 Å². The molecule has 1 fully saturated rings. The molecule has 1 aliphatic rings. The second kappa shape index (κ2) is 16.4. The topological polar surface area (TPSA) is 56.8 Å². The van der Waals surface area contributed by atoms with Gasteiger partial charge in [0.05, 0.1) is 25.9 Å². The Morgan fingerprint density at radius 3 is 2.46 bits per heavy atom. The molecular formula is C22H42ClNO4. The minimum absolute atomic E-state index is 0.0578. The molecule has 0 aromatic carbocycles. The highest BCUT2D eigenvalue weighted by molar-refractivity contribution is 6.17. The summed E-state index contributed by atoms with van der Waals surface area (Å²) >= 11 is 5.64. The number of carbonyl (C=O) groups excluding carboxylic acids is 1. The maximum absolute atomic E-state index is 12.0. The van der Waals surface area contributed by atoms with E-state index < -0.39 is 0 Å². The predicted molar refractivity (Wildman–Crippen MR) is 115 cm³/mol. The van der Waals surface area contributed by atoms with Gasteiger partial charge in [-0.15, -0.1) is 11.6 Å². The van der Waals surface area contributed by atoms with Crippen molar-refractivity contribution in [3.8, 4) is 0 Å². The molecule has 0 aromatic rings. The zero-order valence-electron chi connectivity index (χ0n) is 18.2.